The summed E-state index contributed by atoms with van der Waals surface area (Å²) in [6.45, 7) is 1.96. The molecule has 21 heavy (non-hydrogen) atoms. The largest absolute Gasteiger partial charge is 0.545 e. The lowest BCUT2D eigenvalue weighted by atomic mass is 10.1. The highest BCUT2D eigenvalue weighted by Crippen LogP contribution is 2.20. The van der Waals surface area contributed by atoms with Crippen molar-refractivity contribution >= 4 is 21.7 Å². The van der Waals surface area contributed by atoms with Crippen molar-refractivity contribution in [3.05, 3.63) is 59.7 Å². The highest BCUT2D eigenvalue weighted by Gasteiger charge is 2.18. The first-order valence-corrected chi connectivity index (χ1v) is 7.84. The number of carbonyl (C=O) groups excluding carboxylic acids is 1. The molecule has 0 saturated heterocycles. The number of carboxylic acid groups (broad SMARTS) is 1. The molecule has 0 aromatic heterocycles. The summed E-state index contributed by atoms with van der Waals surface area (Å²) in [7, 11) is -3.98. The summed E-state index contributed by atoms with van der Waals surface area (Å²) in [6, 6.07) is 12.3. The molecule has 0 heterocycles. The van der Waals surface area contributed by atoms with Gasteiger partial charge in [0.05, 0.1) is 10.9 Å². The molecule has 0 aliphatic rings. The molecule has 0 aliphatic carbocycles. The fourth-order valence-electron chi connectivity index (χ4n) is 1.93. The van der Waals surface area contributed by atoms with Crippen molar-refractivity contribution in [1.29, 1.82) is 0 Å². The molecule has 2 rings (SSSR count). The third kappa shape index (κ3) is 3.41. The zero-order valence-electron chi connectivity index (χ0n) is 11.4. The molecule has 0 fully saturated rings. The van der Waals surface area contributed by atoms with E-state index >= 15 is 0 Å². The minimum absolute atomic E-state index is 0.313. The Morgan fingerprint density at radius 1 is 1.14 bits per heavy atom. The van der Waals surface area contributed by atoms with E-state index in [1.165, 1.54) is 24.3 Å². The van der Waals surface area contributed by atoms with Crippen LogP contribution in [0.15, 0.2) is 53.4 Å². The Morgan fingerprint density at radius 2 is 1.86 bits per heavy atom. The molecule has 2 aromatic carbocycles. The standard InChI is InChI=1S/C15H15NO4S/c1-2-11-6-5-7-12(10-11)16-21(19,20)14-9-4-3-8-13(14)15(17)18/h3-10,16H,2H2,1H3,(H,17,18)/p-1. The molecule has 1 N–H and O–H groups in total. The van der Waals surface area contributed by atoms with Crippen LogP contribution < -0.4 is 9.83 Å². The smallest absolute Gasteiger partial charge is 0.262 e. The van der Waals surface area contributed by atoms with Gasteiger partial charge in [-0.1, -0.05) is 37.3 Å². The van der Waals surface area contributed by atoms with E-state index in [2.05, 4.69) is 4.72 Å². The van der Waals surface area contributed by atoms with Gasteiger partial charge in [-0.2, -0.15) is 0 Å². The molecule has 5 nitrogen and oxygen atoms in total. The second kappa shape index (κ2) is 5.97. The van der Waals surface area contributed by atoms with Gasteiger partial charge in [0.25, 0.3) is 10.0 Å². The van der Waals surface area contributed by atoms with Gasteiger partial charge in [-0.3, -0.25) is 4.72 Å². The van der Waals surface area contributed by atoms with Crippen LogP contribution in [0.2, 0.25) is 0 Å². The van der Waals surface area contributed by atoms with Gasteiger partial charge in [-0.25, -0.2) is 8.42 Å². The van der Waals surface area contributed by atoms with Gasteiger partial charge in [0.1, 0.15) is 0 Å². The first-order chi connectivity index (χ1) is 9.94. The number of hydrogen-bond donors (Lipinski definition) is 1. The molecule has 0 radical (unpaired) electrons. The summed E-state index contributed by atoms with van der Waals surface area (Å²) in [6.07, 6.45) is 0.769. The van der Waals surface area contributed by atoms with Crippen LogP contribution in [0, 0.1) is 0 Å². The first kappa shape index (κ1) is 15.1. The fraction of sp³-hybridized carbons (Fsp3) is 0.133. The topological polar surface area (TPSA) is 86.3 Å². The van der Waals surface area contributed by atoms with Gasteiger partial charge in [0.2, 0.25) is 0 Å². The predicted octanol–water partition coefficient (Wildman–Crippen LogP) is 1.41. The van der Waals surface area contributed by atoms with Gasteiger partial charge in [0, 0.05) is 11.3 Å². The number of hydrogen-bond acceptors (Lipinski definition) is 4. The molecule has 0 spiro atoms. The predicted molar refractivity (Wildman–Crippen MR) is 77.4 cm³/mol. The molecule has 0 amide bonds. The first-order valence-electron chi connectivity index (χ1n) is 6.36. The fourth-order valence-corrected chi connectivity index (χ4v) is 3.18. The minimum atomic E-state index is -3.98. The van der Waals surface area contributed by atoms with Gasteiger partial charge in [-0.15, -0.1) is 0 Å². The quantitative estimate of drug-likeness (QED) is 0.905. The highest BCUT2D eigenvalue weighted by molar-refractivity contribution is 7.92. The van der Waals surface area contributed by atoms with Gasteiger partial charge >= 0.3 is 0 Å². The Morgan fingerprint density at radius 3 is 2.52 bits per heavy atom. The molecule has 0 bridgehead atoms. The van der Waals surface area contributed by atoms with Crippen LogP contribution >= 0.6 is 0 Å². The summed E-state index contributed by atoms with van der Waals surface area (Å²) in [5, 5.41) is 11.0. The van der Waals surface area contributed by atoms with Crippen molar-refractivity contribution in [2.75, 3.05) is 4.72 Å². The van der Waals surface area contributed by atoms with Crippen LogP contribution in [-0.2, 0) is 16.4 Å². The van der Waals surface area contributed by atoms with Crippen LogP contribution in [0.1, 0.15) is 22.8 Å². The minimum Gasteiger partial charge on any atom is -0.545 e. The van der Waals surface area contributed by atoms with Crippen molar-refractivity contribution in [3.8, 4) is 0 Å². The summed E-state index contributed by atoms with van der Waals surface area (Å²) in [5.74, 6) is -1.53. The molecule has 0 unspecified atom stereocenters. The second-order valence-electron chi connectivity index (χ2n) is 4.44. The summed E-state index contributed by atoms with van der Waals surface area (Å²) in [4.78, 5) is 10.7. The normalized spacial score (nSPS) is 11.1. The van der Waals surface area contributed by atoms with Gasteiger partial charge < -0.3 is 9.90 Å². The third-order valence-electron chi connectivity index (χ3n) is 2.98. The maximum atomic E-state index is 12.3. The number of sulfonamides is 1. The number of benzene rings is 2. The zero-order valence-corrected chi connectivity index (χ0v) is 12.2. The molecule has 2 aromatic rings. The Balaban J connectivity index is 2.41. The van der Waals surface area contributed by atoms with Crippen molar-refractivity contribution in [2.45, 2.75) is 18.2 Å². The maximum absolute atomic E-state index is 12.3. The van der Waals surface area contributed by atoms with Gasteiger partial charge in [0.15, 0.2) is 0 Å². The van der Waals surface area contributed by atoms with E-state index in [4.69, 9.17) is 0 Å². The van der Waals surface area contributed by atoms with Crippen molar-refractivity contribution in [3.63, 3.8) is 0 Å². The van der Waals surface area contributed by atoms with Crippen LogP contribution in [0.3, 0.4) is 0 Å². The number of carboxylic acids is 1. The van der Waals surface area contributed by atoms with Gasteiger partial charge in [-0.05, 0) is 30.2 Å². The molecule has 0 atom stereocenters. The van der Waals surface area contributed by atoms with Crippen LogP contribution in [0.4, 0.5) is 5.69 Å². The SMILES string of the molecule is CCc1cccc(NS(=O)(=O)c2ccccc2C(=O)[O-])c1. The molecule has 6 heteroatoms. The number of aromatic carboxylic acids is 1. The Hall–Kier alpha value is -2.34. The lowest BCUT2D eigenvalue weighted by molar-refractivity contribution is -0.255. The van der Waals surface area contributed by atoms with Crippen molar-refractivity contribution in [2.24, 2.45) is 0 Å². The van der Waals surface area contributed by atoms with Crippen LogP contribution in [0.25, 0.3) is 0 Å². The Labute approximate surface area is 123 Å². The monoisotopic (exact) mass is 304 g/mol. The maximum Gasteiger partial charge on any atom is 0.262 e. The number of nitrogens with one attached hydrogen (secondary N) is 1. The zero-order chi connectivity index (χ0) is 15.5. The number of aryl methyl sites for hydroxylation is 1. The lowest BCUT2D eigenvalue weighted by Crippen LogP contribution is -2.26. The van der Waals surface area contributed by atoms with E-state index in [0.29, 0.717) is 5.69 Å². The van der Waals surface area contributed by atoms with Crippen molar-refractivity contribution in [1.82, 2.24) is 0 Å². The molecule has 0 saturated carbocycles. The van der Waals surface area contributed by atoms with E-state index in [1.54, 1.807) is 18.2 Å². The van der Waals surface area contributed by atoms with Crippen molar-refractivity contribution < 1.29 is 18.3 Å². The van der Waals surface area contributed by atoms with E-state index in [-0.39, 0.29) is 10.5 Å². The average molecular weight is 304 g/mol. The summed E-state index contributed by atoms with van der Waals surface area (Å²) >= 11 is 0. The molecular weight excluding hydrogens is 290 g/mol. The summed E-state index contributed by atoms with van der Waals surface area (Å²) in [5.41, 5.74) is 1.00. The number of anilines is 1. The van der Waals surface area contributed by atoms with Crippen LogP contribution in [0.5, 0.6) is 0 Å². The molecule has 0 aliphatic heterocycles. The Bertz CT molecular complexity index is 769. The van der Waals surface area contributed by atoms with E-state index in [0.717, 1.165) is 12.0 Å². The third-order valence-corrected chi connectivity index (χ3v) is 4.42. The number of rotatable bonds is 5. The number of carbonyl (C=O) groups is 1. The van der Waals surface area contributed by atoms with E-state index < -0.39 is 16.0 Å². The lowest BCUT2D eigenvalue weighted by Gasteiger charge is -2.13. The summed E-state index contributed by atoms with van der Waals surface area (Å²) < 4.78 is 27.0. The second-order valence-corrected chi connectivity index (χ2v) is 6.09. The van der Waals surface area contributed by atoms with E-state index in [9.17, 15) is 18.3 Å². The molecular formula is C15H14NO4S-. The Kier molecular flexibility index (Phi) is 4.28. The van der Waals surface area contributed by atoms with E-state index in [1.807, 2.05) is 13.0 Å². The van der Waals surface area contributed by atoms with Crippen LogP contribution in [-0.4, -0.2) is 14.4 Å². The highest BCUT2D eigenvalue weighted by atomic mass is 32.2. The average Bonchev–Trinajstić information content (AvgIpc) is 2.47. The molecule has 110 valence electrons.